The molecule has 3 aromatic rings. The maximum atomic E-state index is 13.3. The minimum absolute atomic E-state index is 0.00801. The standard InChI is InChI=1S/C21H20FN3O2/c22-16-5-3-4-15(10-16)12-25-9-8-24(14-21(25)27)13-17-11-20(26)18-6-1-2-7-19(18)23-17/h1-7,10-11H,8-9,12-14H2,(H,23,26). The van der Waals surface area contributed by atoms with Gasteiger partial charge in [0.15, 0.2) is 5.43 Å². The van der Waals surface area contributed by atoms with Crippen molar-refractivity contribution < 1.29 is 9.18 Å². The third-order valence-electron chi connectivity index (χ3n) is 4.85. The van der Waals surface area contributed by atoms with Gasteiger partial charge in [0, 0.05) is 48.8 Å². The number of halogens is 1. The minimum Gasteiger partial charge on any atom is -0.357 e. The summed E-state index contributed by atoms with van der Waals surface area (Å²) in [5.74, 6) is -0.285. The summed E-state index contributed by atoms with van der Waals surface area (Å²) in [6.45, 7) is 2.49. The van der Waals surface area contributed by atoms with Crippen LogP contribution in [0.4, 0.5) is 4.39 Å². The van der Waals surface area contributed by atoms with Crippen molar-refractivity contribution in [1.29, 1.82) is 0 Å². The van der Waals surface area contributed by atoms with Crippen LogP contribution in [-0.2, 0) is 17.9 Å². The Morgan fingerprint density at radius 1 is 0.963 bits per heavy atom. The van der Waals surface area contributed by atoms with Crippen LogP contribution in [-0.4, -0.2) is 40.3 Å². The SMILES string of the molecule is O=C1CN(Cc2cc(=O)c3ccccc3[nH]2)CCN1Cc1cccc(F)c1. The van der Waals surface area contributed by atoms with Crippen LogP contribution < -0.4 is 5.43 Å². The van der Waals surface area contributed by atoms with Crippen molar-refractivity contribution in [2.24, 2.45) is 0 Å². The Balaban J connectivity index is 1.43. The Morgan fingerprint density at radius 2 is 1.81 bits per heavy atom. The van der Waals surface area contributed by atoms with Crippen molar-refractivity contribution in [2.75, 3.05) is 19.6 Å². The highest BCUT2D eigenvalue weighted by Crippen LogP contribution is 2.14. The van der Waals surface area contributed by atoms with Crippen LogP contribution in [0.25, 0.3) is 10.9 Å². The van der Waals surface area contributed by atoms with Gasteiger partial charge in [-0.1, -0.05) is 24.3 Å². The molecule has 0 radical (unpaired) electrons. The molecule has 2 aromatic carbocycles. The molecule has 0 atom stereocenters. The van der Waals surface area contributed by atoms with Gasteiger partial charge in [0.05, 0.1) is 6.54 Å². The van der Waals surface area contributed by atoms with Crippen molar-refractivity contribution in [2.45, 2.75) is 13.1 Å². The monoisotopic (exact) mass is 365 g/mol. The normalized spacial score (nSPS) is 15.4. The van der Waals surface area contributed by atoms with Crippen molar-refractivity contribution in [3.63, 3.8) is 0 Å². The molecule has 6 heteroatoms. The molecule has 27 heavy (non-hydrogen) atoms. The molecule has 0 saturated carbocycles. The number of carbonyl (C=O) groups is 1. The van der Waals surface area contributed by atoms with Crippen molar-refractivity contribution in [1.82, 2.24) is 14.8 Å². The molecule has 138 valence electrons. The summed E-state index contributed by atoms with van der Waals surface area (Å²) in [4.78, 5) is 31.8. The minimum atomic E-state index is -0.293. The average molecular weight is 365 g/mol. The van der Waals surface area contributed by atoms with E-state index in [0.717, 1.165) is 16.8 Å². The molecule has 0 unspecified atom stereocenters. The second kappa shape index (κ2) is 7.32. The Kier molecular flexibility index (Phi) is 4.73. The Morgan fingerprint density at radius 3 is 2.63 bits per heavy atom. The molecule has 0 bridgehead atoms. The van der Waals surface area contributed by atoms with E-state index in [2.05, 4.69) is 4.98 Å². The van der Waals surface area contributed by atoms with Crippen LogP contribution in [0, 0.1) is 5.82 Å². The predicted octanol–water partition coefficient (Wildman–Crippen LogP) is 2.51. The summed E-state index contributed by atoms with van der Waals surface area (Å²) < 4.78 is 13.3. The van der Waals surface area contributed by atoms with Crippen molar-refractivity contribution in [3.8, 4) is 0 Å². The Labute approximate surface area is 156 Å². The van der Waals surface area contributed by atoms with Gasteiger partial charge in [0.2, 0.25) is 5.91 Å². The fourth-order valence-corrected chi connectivity index (χ4v) is 3.49. The van der Waals surface area contributed by atoms with E-state index in [-0.39, 0.29) is 23.7 Å². The number of carbonyl (C=O) groups excluding carboxylic acids is 1. The van der Waals surface area contributed by atoms with E-state index >= 15 is 0 Å². The first-order chi connectivity index (χ1) is 13.1. The lowest BCUT2D eigenvalue weighted by atomic mass is 10.1. The molecule has 1 amide bonds. The van der Waals surface area contributed by atoms with E-state index in [0.29, 0.717) is 31.6 Å². The Bertz CT molecular complexity index is 1050. The summed E-state index contributed by atoms with van der Waals surface area (Å²) in [6.07, 6.45) is 0. The highest BCUT2D eigenvalue weighted by atomic mass is 19.1. The van der Waals surface area contributed by atoms with E-state index in [1.165, 1.54) is 12.1 Å². The highest BCUT2D eigenvalue weighted by molar-refractivity contribution is 5.79. The number of hydrogen-bond donors (Lipinski definition) is 1. The second-order valence-corrected chi connectivity index (χ2v) is 6.86. The smallest absolute Gasteiger partial charge is 0.237 e. The fourth-order valence-electron chi connectivity index (χ4n) is 3.49. The number of nitrogens with zero attached hydrogens (tertiary/aromatic N) is 2. The fraction of sp³-hybridized carbons (Fsp3) is 0.238. The van der Waals surface area contributed by atoms with Gasteiger partial charge in [-0.25, -0.2) is 4.39 Å². The van der Waals surface area contributed by atoms with Gasteiger partial charge in [-0.05, 0) is 29.8 Å². The number of fused-ring (bicyclic) bond motifs is 1. The lowest BCUT2D eigenvalue weighted by Crippen LogP contribution is -2.49. The third kappa shape index (κ3) is 3.90. The molecular weight excluding hydrogens is 345 g/mol. The van der Waals surface area contributed by atoms with Crippen LogP contribution in [0.15, 0.2) is 59.4 Å². The van der Waals surface area contributed by atoms with Gasteiger partial charge in [0.25, 0.3) is 0 Å². The van der Waals surface area contributed by atoms with Gasteiger partial charge in [-0.15, -0.1) is 0 Å². The topological polar surface area (TPSA) is 56.4 Å². The van der Waals surface area contributed by atoms with E-state index in [1.807, 2.05) is 29.2 Å². The van der Waals surface area contributed by atoms with Crippen molar-refractivity contribution >= 4 is 16.8 Å². The molecule has 4 rings (SSSR count). The molecule has 5 nitrogen and oxygen atoms in total. The molecule has 1 aromatic heterocycles. The number of hydrogen-bond acceptors (Lipinski definition) is 3. The molecule has 1 aliphatic heterocycles. The van der Waals surface area contributed by atoms with E-state index in [9.17, 15) is 14.0 Å². The van der Waals surface area contributed by atoms with Gasteiger partial charge in [0.1, 0.15) is 5.82 Å². The maximum Gasteiger partial charge on any atom is 0.237 e. The zero-order valence-electron chi connectivity index (χ0n) is 14.8. The quantitative estimate of drug-likeness (QED) is 0.773. The molecule has 0 aliphatic carbocycles. The third-order valence-corrected chi connectivity index (χ3v) is 4.85. The van der Waals surface area contributed by atoms with Crippen LogP contribution >= 0.6 is 0 Å². The number of rotatable bonds is 4. The zero-order chi connectivity index (χ0) is 18.8. The lowest BCUT2D eigenvalue weighted by molar-refractivity contribution is -0.136. The number of aromatic amines is 1. The number of nitrogens with one attached hydrogen (secondary N) is 1. The van der Waals surface area contributed by atoms with Gasteiger partial charge in [-0.2, -0.15) is 0 Å². The number of H-pyrrole nitrogens is 1. The molecule has 1 fully saturated rings. The van der Waals surface area contributed by atoms with Gasteiger partial charge in [-0.3, -0.25) is 14.5 Å². The average Bonchev–Trinajstić information content (AvgIpc) is 2.64. The summed E-state index contributed by atoms with van der Waals surface area (Å²) in [5.41, 5.74) is 2.37. The number of para-hydroxylation sites is 1. The summed E-state index contributed by atoms with van der Waals surface area (Å²) in [5, 5.41) is 0.664. The van der Waals surface area contributed by atoms with Gasteiger partial charge < -0.3 is 9.88 Å². The van der Waals surface area contributed by atoms with Crippen molar-refractivity contribution in [3.05, 3.63) is 81.9 Å². The van der Waals surface area contributed by atoms with Gasteiger partial charge >= 0.3 is 0 Å². The first-order valence-electron chi connectivity index (χ1n) is 8.94. The number of pyridine rings is 1. The van der Waals surface area contributed by atoms with E-state index < -0.39 is 0 Å². The Hall–Kier alpha value is -2.99. The summed E-state index contributed by atoms with van der Waals surface area (Å²) >= 11 is 0. The van der Waals surface area contributed by atoms with E-state index in [4.69, 9.17) is 0 Å². The maximum absolute atomic E-state index is 13.3. The largest absolute Gasteiger partial charge is 0.357 e. The molecule has 1 saturated heterocycles. The molecule has 2 heterocycles. The molecule has 1 aliphatic rings. The lowest BCUT2D eigenvalue weighted by Gasteiger charge is -2.34. The van der Waals surface area contributed by atoms with Crippen LogP contribution in [0.3, 0.4) is 0 Å². The summed E-state index contributed by atoms with van der Waals surface area (Å²) in [7, 11) is 0. The van der Waals surface area contributed by atoms with Crippen LogP contribution in [0.2, 0.25) is 0 Å². The first kappa shape index (κ1) is 17.4. The summed E-state index contributed by atoms with van der Waals surface area (Å²) in [6, 6.07) is 15.3. The second-order valence-electron chi connectivity index (χ2n) is 6.86. The number of piperazine rings is 1. The molecular formula is C21H20FN3O2. The van der Waals surface area contributed by atoms with Crippen LogP contribution in [0.5, 0.6) is 0 Å². The zero-order valence-corrected chi connectivity index (χ0v) is 14.8. The number of aromatic nitrogens is 1. The van der Waals surface area contributed by atoms with Crippen LogP contribution in [0.1, 0.15) is 11.3 Å². The molecule has 0 spiro atoms. The predicted molar refractivity (Wildman–Crippen MR) is 102 cm³/mol. The first-order valence-corrected chi connectivity index (χ1v) is 8.94. The number of benzene rings is 2. The molecule has 1 N–H and O–H groups in total. The van der Waals surface area contributed by atoms with E-state index in [1.54, 1.807) is 23.1 Å². The number of amides is 1. The highest BCUT2D eigenvalue weighted by Gasteiger charge is 2.24.